The number of phosphoric acid groups is 1. The Hall–Kier alpha value is -0.570. The number of phosphoric ester groups is 1. The summed E-state index contributed by atoms with van der Waals surface area (Å²) in [5, 5.41) is 0. The van der Waals surface area contributed by atoms with Crippen molar-refractivity contribution in [2.75, 3.05) is 13.2 Å². The topological polar surface area (TPSA) is 44.8 Å². The summed E-state index contributed by atoms with van der Waals surface area (Å²) >= 11 is 0. The van der Waals surface area contributed by atoms with Crippen molar-refractivity contribution in [1.82, 2.24) is 0 Å². The van der Waals surface area contributed by atoms with Gasteiger partial charge in [-0.25, -0.2) is 4.57 Å². The molecule has 0 spiro atoms. The zero-order valence-corrected chi connectivity index (χ0v) is 13.4. The molecule has 0 aliphatic heterocycles. The number of rotatable bonds is 11. The molecule has 0 radical (unpaired) electrons. The van der Waals surface area contributed by atoms with Crippen LogP contribution in [-0.4, -0.2) is 13.2 Å². The molecule has 0 N–H and O–H groups in total. The van der Waals surface area contributed by atoms with Crippen LogP contribution in [0.5, 0.6) is 0 Å². The van der Waals surface area contributed by atoms with E-state index in [1.807, 2.05) is 13.0 Å². The summed E-state index contributed by atoms with van der Waals surface area (Å²) in [5.41, 5.74) is 1.20. The second kappa shape index (κ2) is 10.2. The third-order valence-corrected chi connectivity index (χ3v) is 3.96. The predicted octanol–water partition coefficient (Wildman–Crippen LogP) is 5.08. The molecular weight excluding hydrogens is 263 g/mol. The monoisotopic (exact) mass is 290 g/mol. The van der Waals surface area contributed by atoms with Crippen LogP contribution in [0.3, 0.4) is 0 Å². The van der Waals surface area contributed by atoms with Gasteiger partial charge >= 0.3 is 7.82 Å². The van der Waals surface area contributed by atoms with Crippen LogP contribution in [-0.2, 0) is 18.1 Å². The van der Waals surface area contributed by atoms with E-state index in [1.54, 1.807) is 13.8 Å². The van der Waals surface area contributed by atoms with Gasteiger partial charge in [0.25, 0.3) is 0 Å². The van der Waals surface area contributed by atoms with Gasteiger partial charge in [-0.05, 0) is 52.0 Å². The number of allylic oxidation sites excluding steroid dienone is 2. The lowest BCUT2D eigenvalue weighted by Gasteiger charge is -2.14. The smallest absolute Gasteiger partial charge is 0.412 e. The maximum atomic E-state index is 12.0. The van der Waals surface area contributed by atoms with Gasteiger partial charge in [0.05, 0.1) is 19.5 Å². The van der Waals surface area contributed by atoms with Crippen molar-refractivity contribution in [2.45, 2.75) is 47.0 Å². The Morgan fingerprint density at radius 1 is 1.32 bits per heavy atom. The molecule has 112 valence electrons. The van der Waals surface area contributed by atoms with E-state index in [-0.39, 0.29) is 0 Å². The highest BCUT2D eigenvalue weighted by Crippen LogP contribution is 2.49. The van der Waals surface area contributed by atoms with Crippen LogP contribution < -0.4 is 0 Å². The predicted molar refractivity (Wildman–Crippen MR) is 78.9 cm³/mol. The Labute approximate surface area is 117 Å². The van der Waals surface area contributed by atoms with Gasteiger partial charge < -0.3 is 4.52 Å². The van der Waals surface area contributed by atoms with Crippen molar-refractivity contribution < 1.29 is 18.1 Å². The molecule has 0 aromatic carbocycles. The average Bonchev–Trinajstić information content (AvgIpc) is 2.28. The lowest BCUT2D eigenvalue weighted by atomic mass is 10.0. The second-order valence-corrected chi connectivity index (χ2v) is 6.16. The SMILES string of the molecule is C=C(C)CCCC(C)C=COP(=O)(OCC)OCC. The highest BCUT2D eigenvalue weighted by Gasteiger charge is 2.24. The van der Waals surface area contributed by atoms with Crippen LogP contribution in [0.15, 0.2) is 24.5 Å². The average molecular weight is 290 g/mol. The van der Waals surface area contributed by atoms with Crippen LogP contribution in [0.25, 0.3) is 0 Å². The summed E-state index contributed by atoms with van der Waals surface area (Å²) < 4.78 is 27.1. The first-order valence-corrected chi connectivity index (χ1v) is 8.28. The fourth-order valence-electron chi connectivity index (χ4n) is 1.48. The number of hydrogen-bond acceptors (Lipinski definition) is 4. The molecule has 0 saturated heterocycles. The van der Waals surface area contributed by atoms with E-state index < -0.39 is 7.82 Å². The summed E-state index contributed by atoms with van der Waals surface area (Å²) in [4.78, 5) is 0. The molecule has 1 unspecified atom stereocenters. The molecule has 0 aromatic heterocycles. The van der Waals surface area contributed by atoms with Crippen molar-refractivity contribution in [2.24, 2.45) is 5.92 Å². The summed E-state index contributed by atoms with van der Waals surface area (Å²) in [7, 11) is -3.42. The summed E-state index contributed by atoms with van der Waals surface area (Å²) in [6.07, 6.45) is 6.48. The van der Waals surface area contributed by atoms with E-state index in [0.29, 0.717) is 19.1 Å². The minimum Gasteiger partial charge on any atom is -0.412 e. The van der Waals surface area contributed by atoms with Crippen molar-refractivity contribution in [3.05, 3.63) is 24.5 Å². The third-order valence-electron chi connectivity index (χ3n) is 2.43. The van der Waals surface area contributed by atoms with Gasteiger partial charge in [0, 0.05) is 0 Å². The Morgan fingerprint density at radius 3 is 2.37 bits per heavy atom. The molecule has 0 rings (SSSR count). The highest BCUT2D eigenvalue weighted by atomic mass is 31.2. The van der Waals surface area contributed by atoms with Crippen molar-refractivity contribution in [1.29, 1.82) is 0 Å². The summed E-state index contributed by atoms with van der Waals surface area (Å²) in [6.45, 7) is 12.1. The first-order chi connectivity index (χ1) is 8.93. The molecule has 1 atom stereocenters. The third kappa shape index (κ3) is 9.94. The molecule has 4 nitrogen and oxygen atoms in total. The quantitative estimate of drug-likeness (QED) is 0.302. The van der Waals surface area contributed by atoms with E-state index in [1.165, 1.54) is 11.8 Å². The zero-order valence-electron chi connectivity index (χ0n) is 12.6. The second-order valence-electron chi connectivity index (χ2n) is 4.54. The fraction of sp³-hybridized carbons (Fsp3) is 0.714. The standard InChI is InChI=1S/C14H27O4P/c1-6-16-19(15,17-7-2)18-12-11-14(5)10-8-9-13(3)4/h11-12,14H,3,6-10H2,1-2,4-5H3. The molecule has 5 heteroatoms. The first-order valence-electron chi connectivity index (χ1n) is 6.82. The van der Waals surface area contributed by atoms with E-state index in [9.17, 15) is 4.57 Å². The van der Waals surface area contributed by atoms with Crippen LogP contribution in [0.4, 0.5) is 0 Å². The van der Waals surface area contributed by atoms with Gasteiger partial charge in [-0.3, -0.25) is 9.05 Å². The molecule has 0 fully saturated rings. The molecule has 0 heterocycles. The van der Waals surface area contributed by atoms with Crippen molar-refractivity contribution in [3.8, 4) is 0 Å². The molecule has 0 saturated carbocycles. The van der Waals surface area contributed by atoms with Gasteiger partial charge in [0.15, 0.2) is 0 Å². The van der Waals surface area contributed by atoms with E-state index in [2.05, 4.69) is 13.5 Å². The minimum atomic E-state index is -3.42. The van der Waals surface area contributed by atoms with Crippen LogP contribution in [0, 0.1) is 5.92 Å². The highest BCUT2D eigenvalue weighted by molar-refractivity contribution is 7.48. The minimum absolute atomic E-state index is 0.291. The molecule has 0 aliphatic rings. The Balaban J connectivity index is 4.09. The van der Waals surface area contributed by atoms with Crippen LogP contribution in [0.1, 0.15) is 47.0 Å². The largest absolute Gasteiger partial charge is 0.529 e. The molecule has 0 aromatic rings. The number of hydrogen-bond donors (Lipinski definition) is 0. The Kier molecular flexibility index (Phi) is 9.94. The van der Waals surface area contributed by atoms with E-state index in [0.717, 1.165) is 19.3 Å². The fourth-order valence-corrected chi connectivity index (χ4v) is 2.53. The molecule has 0 bridgehead atoms. The Morgan fingerprint density at radius 2 is 1.89 bits per heavy atom. The Bertz CT molecular complexity index is 315. The van der Waals surface area contributed by atoms with Gasteiger partial charge in [0.1, 0.15) is 0 Å². The molecule has 0 aliphatic carbocycles. The summed E-state index contributed by atoms with van der Waals surface area (Å²) in [5.74, 6) is 0.357. The van der Waals surface area contributed by atoms with Crippen LogP contribution >= 0.6 is 7.82 Å². The zero-order chi connectivity index (χ0) is 14.7. The maximum Gasteiger partial charge on any atom is 0.529 e. The van der Waals surface area contributed by atoms with Gasteiger partial charge in [-0.15, -0.1) is 6.58 Å². The lowest BCUT2D eigenvalue weighted by Crippen LogP contribution is -1.97. The maximum absolute atomic E-state index is 12.0. The lowest BCUT2D eigenvalue weighted by molar-refractivity contribution is 0.153. The van der Waals surface area contributed by atoms with Crippen molar-refractivity contribution >= 4 is 7.82 Å². The molecule has 0 amide bonds. The first kappa shape index (κ1) is 18.4. The van der Waals surface area contributed by atoms with Crippen molar-refractivity contribution in [3.63, 3.8) is 0 Å². The van der Waals surface area contributed by atoms with Crippen LogP contribution in [0.2, 0.25) is 0 Å². The van der Waals surface area contributed by atoms with Gasteiger partial charge in [-0.1, -0.05) is 12.5 Å². The molecule has 19 heavy (non-hydrogen) atoms. The van der Waals surface area contributed by atoms with E-state index in [4.69, 9.17) is 13.6 Å². The van der Waals surface area contributed by atoms with Gasteiger partial charge in [0.2, 0.25) is 0 Å². The van der Waals surface area contributed by atoms with Gasteiger partial charge in [-0.2, -0.15) is 0 Å². The normalized spacial score (nSPS) is 13.7. The summed E-state index contributed by atoms with van der Waals surface area (Å²) in [6, 6.07) is 0. The van der Waals surface area contributed by atoms with E-state index >= 15 is 0 Å². The molecular formula is C14H27O4P.